The van der Waals surface area contributed by atoms with E-state index in [9.17, 15) is 9.59 Å². The fourth-order valence-corrected chi connectivity index (χ4v) is 4.96. The molecule has 0 radical (unpaired) electrons. The van der Waals surface area contributed by atoms with E-state index in [1.807, 2.05) is 67.5 Å². The number of hydrogen-bond donors (Lipinski definition) is 1. The summed E-state index contributed by atoms with van der Waals surface area (Å²) in [5, 5.41) is 3.55. The fourth-order valence-electron chi connectivity index (χ4n) is 4.35. The first-order chi connectivity index (χ1) is 18.7. The van der Waals surface area contributed by atoms with E-state index in [2.05, 4.69) is 10.2 Å². The second-order valence-corrected chi connectivity index (χ2v) is 10.4. The highest BCUT2D eigenvalue weighted by Gasteiger charge is 2.24. The lowest BCUT2D eigenvalue weighted by molar-refractivity contribution is -0.115. The van der Waals surface area contributed by atoms with E-state index in [0.29, 0.717) is 42.8 Å². The lowest BCUT2D eigenvalue weighted by Gasteiger charge is -2.35. The van der Waals surface area contributed by atoms with Crippen molar-refractivity contribution >= 4 is 46.6 Å². The Balaban J connectivity index is 1.27. The molecule has 3 aromatic rings. The smallest absolute Gasteiger partial charge is 0.415 e. The van der Waals surface area contributed by atoms with Crippen LogP contribution in [-0.2, 0) is 17.8 Å². The number of anilines is 2. The van der Waals surface area contributed by atoms with Gasteiger partial charge in [0.2, 0.25) is 5.91 Å². The zero-order chi connectivity index (χ0) is 27.9. The first-order valence-electron chi connectivity index (χ1n) is 12.6. The van der Waals surface area contributed by atoms with Crippen LogP contribution < -0.4 is 19.7 Å². The number of hydrogen-bond acceptors (Lipinski definition) is 6. The molecule has 1 saturated heterocycles. The maximum Gasteiger partial charge on any atom is 0.415 e. The van der Waals surface area contributed by atoms with Gasteiger partial charge in [-0.2, -0.15) is 0 Å². The maximum atomic E-state index is 12.8. The van der Waals surface area contributed by atoms with Crippen LogP contribution in [0, 0.1) is 0 Å². The Morgan fingerprint density at radius 3 is 2.08 bits per heavy atom. The highest BCUT2D eigenvalue weighted by Crippen LogP contribution is 2.35. The van der Waals surface area contributed by atoms with Gasteiger partial charge in [0.15, 0.2) is 5.75 Å². The summed E-state index contributed by atoms with van der Waals surface area (Å²) in [6, 6.07) is 18.6. The van der Waals surface area contributed by atoms with Crippen LogP contribution >= 0.6 is 23.2 Å². The topological polar surface area (TPSA) is 74.3 Å². The summed E-state index contributed by atoms with van der Waals surface area (Å²) in [4.78, 5) is 31.1. The molecule has 3 aromatic carbocycles. The SMILES string of the molecule is COc1ccc(CC(=O)Nc2ccc(N3CCN(C(=O)Oc4c(Cl)cc(CN(C)C)cc4Cl)CC3)cc2)cc1. The van der Waals surface area contributed by atoms with E-state index >= 15 is 0 Å². The second-order valence-electron chi connectivity index (χ2n) is 9.59. The minimum atomic E-state index is -0.478. The summed E-state index contributed by atoms with van der Waals surface area (Å²) < 4.78 is 10.7. The second kappa shape index (κ2) is 13.1. The van der Waals surface area contributed by atoms with Gasteiger partial charge in [-0.15, -0.1) is 0 Å². The minimum absolute atomic E-state index is 0.0902. The molecule has 39 heavy (non-hydrogen) atoms. The molecule has 0 saturated carbocycles. The van der Waals surface area contributed by atoms with Crippen molar-refractivity contribution in [2.75, 3.05) is 57.6 Å². The third-order valence-electron chi connectivity index (χ3n) is 6.32. The Morgan fingerprint density at radius 1 is 0.897 bits per heavy atom. The molecule has 1 aliphatic heterocycles. The molecule has 0 bridgehead atoms. The van der Waals surface area contributed by atoms with Crippen molar-refractivity contribution in [3.63, 3.8) is 0 Å². The molecule has 1 fully saturated rings. The number of carbonyl (C=O) groups is 2. The quantitative estimate of drug-likeness (QED) is 0.382. The summed E-state index contributed by atoms with van der Waals surface area (Å²) in [6.07, 6.45) is -0.200. The molecule has 0 aliphatic carbocycles. The molecule has 0 spiro atoms. The number of amides is 2. The van der Waals surface area contributed by atoms with Gasteiger partial charge in [0.1, 0.15) is 5.75 Å². The van der Waals surface area contributed by atoms with E-state index < -0.39 is 6.09 Å². The Morgan fingerprint density at radius 2 is 1.51 bits per heavy atom. The summed E-state index contributed by atoms with van der Waals surface area (Å²) in [5.41, 5.74) is 3.59. The standard InChI is InChI=1S/C29H32Cl2N4O4/c1-33(2)19-21-16-25(30)28(26(31)17-21)39-29(37)35-14-12-34(13-15-35)23-8-6-22(7-9-23)32-27(36)18-20-4-10-24(38-3)11-5-20/h4-11,16-17H,12-15,18-19H2,1-3H3,(H,32,36). The van der Waals surface area contributed by atoms with Gasteiger partial charge in [0.05, 0.1) is 23.6 Å². The number of piperazine rings is 1. The highest BCUT2D eigenvalue weighted by molar-refractivity contribution is 6.37. The molecule has 1 aliphatic rings. The van der Waals surface area contributed by atoms with Crippen molar-refractivity contribution in [1.29, 1.82) is 0 Å². The molecule has 10 heteroatoms. The molecule has 4 rings (SSSR count). The van der Waals surface area contributed by atoms with Crippen LogP contribution in [0.1, 0.15) is 11.1 Å². The molecular weight excluding hydrogens is 539 g/mol. The average Bonchev–Trinajstić information content (AvgIpc) is 2.91. The van der Waals surface area contributed by atoms with E-state index in [1.165, 1.54) is 0 Å². The molecule has 1 heterocycles. The molecule has 1 N–H and O–H groups in total. The predicted molar refractivity (Wildman–Crippen MR) is 155 cm³/mol. The number of rotatable bonds is 8. The molecule has 206 valence electrons. The van der Waals surface area contributed by atoms with E-state index in [1.54, 1.807) is 24.1 Å². The first kappa shape index (κ1) is 28.5. The number of carbonyl (C=O) groups excluding carboxylic acids is 2. The Kier molecular flexibility index (Phi) is 9.56. The summed E-state index contributed by atoms with van der Waals surface area (Å²) in [5.74, 6) is 0.845. The summed E-state index contributed by atoms with van der Waals surface area (Å²) in [7, 11) is 5.51. The maximum absolute atomic E-state index is 12.8. The van der Waals surface area contributed by atoms with Crippen LogP contribution in [0.25, 0.3) is 0 Å². The van der Waals surface area contributed by atoms with Crippen molar-refractivity contribution in [1.82, 2.24) is 9.80 Å². The fraction of sp³-hybridized carbons (Fsp3) is 0.310. The van der Waals surface area contributed by atoms with Gasteiger partial charge in [-0.3, -0.25) is 4.79 Å². The van der Waals surface area contributed by atoms with Gasteiger partial charge < -0.3 is 29.5 Å². The van der Waals surface area contributed by atoms with Gasteiger partial charge in [-0.05, 0) is 73.8 Å². The summed E-state index contributed by atoms with van der Waals surface area (Å²) >= 11 is 12.7. The van der Waals surface area contributed by atoms with Crippen molar-refractivity contribution in [3.05, 3.63) is 81.8 Å². The van der Waals surface area contributed by atoms with Crippen LogP contribution in [0.15, 0.2) is 60.7 Å². The van der Waals surface area contributed by atoms with Crippen molar-refractivity contribution in [2.45, 2.75) is 13.0 Å². The molecule has 0 aromatic heterocycles. The van der Waals surface area contributed by atoms with E-state index in [4.69, 9.17) is 32.7 Å². The van der Waals surface area contributed by atoms with E-state index in [-0.39, 0.29) is 18.1 Å². The predicted octanol–water partition coefficient (Wildman–Crippen LogP) is 5.57. The van der Waals surface area contributed by atoms with Crippen molar-refractivity contribution in [3.8, 4) is 11.5 Å². The summed E-state index contributed by atoms with van der Waals surface area (Å²) in [6.45, 7) is 2.94. The molecule has 8 nitrogen and oxygen atoms in total. The monoisotopic (exact) mass is 570 g/mol. The molecule has 0 unspecified atom stereocenters. The zero-order valence-corrected chi connectivity index (χ0v) is 23.8. The zero-order valence-electron chi connectivity index (χ0n) is 22.2. The Bertz CT molecular complexity index is 1270. The van der Waals surface area contributed by atoms with Crippen LogP contribution in [0.2, 0.25) is 10.0 Å². The van der Waals surface area contributed by atoms with Crippen molar-refractivity contribution < 1.29 is 19.1 Å². The Labute approximate surface area is 239 Å². The largest absolute Gasteiger partial charge is 0.497 e. The van der Waals surface area contributed by atoms with Gasteiger partial charge in [-0.25, -0.2) is 4.79 Å². The number of nitrogens with one attached hydrogen (secondary N) is 1. The lowest BCUT2D eigenvalue weighted by Crippen LogP contribution is -2.49. The highest BCUT2D eigenvalue weighted by atomic mass is 35.5. The number of halogens is 2. The molecule has 2 amide bonds. The van der Waals surface area contributed by atoms with Gasteiger partial charge >= 0.3 is 6.09 Å². The number of methoxy groups -OCH3 is 1. The third-order valence-corrected chi connectivity index (χ3v) is 6.89. The number of benzene rings is 3. The normalized spacial score (nSPS) is 13.4. The minimum Gasteiger partial charge on any atom is -0.497 e. The third kappa shape index (κ3) is 7.79. The van der Waals surface area contributed by atoms with E-state index in [0.717, 1.165) is 28.3 Å². The Hall–Kier alpha value is -3.46. The molecule has 0 atom stereocenters. The van der Waals surface area contributed by atoms with Crippen LogP contribution in [0.4, 0.5) is 16.2 Å². The first-order valence-corrected chi connectivity index (χ1v) is 13.3. The van der Waals surface area contributed by atoms with Crippen LogP contribution in [-0.4, -0.2) is 69.2 Å². The van der Waals surface area contributed by atoms with Crippen LogP contribution in [0.3, 0.4) is 0 Å². The number of ether oxygens (including phenoxy) is 2. The van der Waals surface area contributed by atoms with Crippen molar-refractivity contribution in [2.24, 2.45) is 0 Å². The molecular formula is C29H32Cl2N4O4. The van der Waals surface area contributed by atoms with Gasteiger partial charge in [0, 0.05) is 44.1 Å². The average molecular weight is 572 g/mol. The van der Waals surface area contributed by atoms with Crippen LogP contribution in [0.5, 0.6) is 11.5 Å². The lowest BCUT2D eigenvalue weighted by atomic mass is 10.1. The van der Waals surface area contributed by atoms with Gasteiger partial charge in [-0.1, -0.05) is 35.3 Å². The van der Waals surface area contributed by atoms with Gasteiger partial charge in [0.25, 0.3) is 0 Å². The number of nitrogens with zero attached hydrogens (tertiary/aromatic N) is 3.